The lowest BCUT2D eigenvalue weighted by Gasteiger charge is -2.35. The molecule has 0 spiro atoms. The minimum atomic E-state index is -1.81. The van der Waals surface area contributed by atoms with Gasteiger partial charge in [-0.1, -0.05) is 92.0 Å². The van der Waals surface area contributed by atoms with Crippen molar-refractivity contribution in [2.75, 3.05) is 13.1 Å². The Kier molecular flexibility index (Phi) is 7.39. The molecule has 2 aromatic rings. The molecule has 0 bridgehead atoms. The van der Waals surface area contributed by atoms with Crippen molar-refractivity contribution in [3.8, 4) is 0 Å². The number of carbonyl (C=O) groups excluding carboxylic acids is 1. The molecular formula is C26H30N2O2. The van der Waals surface area contributed by atoms with Crippen molar-refractivity contribution < 1.29 is 9.90 Å². The molecular weight excluding hydrogens is 372 g/mol. The predicted molar refractivity (Wildman–Crippen MR) is 122 cm³/mol. The highest BCUT2D eigenvalue weighted by atomic mass is 16.3. The van der Waals surface area contributed by atoms with Crippen LogP contribution in [-0.2, 0) is 16.9 Å². The third-order valence-corrected chi connectivity index (χ3v) is 5.63. The fraction of sp³-hybridized carbons (Fsp3) is 0.269. The van der Waals surface area contributed by atoms with Gasteiger partial charge in [-0.2, -0.15) is 0 Å². The summed E-state index contributed by atoms with van der Waals surface area (Å²) in [5, 5.41) is 14.6. The fourth-order valence-corrected chi connectivity index (χ4v) is 3.94. The zero-order chi connectivity index (χ0) is 21.4. The number of piperidine rings is 1. The molecule has 1 saturated heterocycles. The molecule has 1 fully saturated rings. The van der Waals surface area contributed by atoms with Crippen LogP contribution in [0.5, 0.6) is 0 Å². The highest BCUT2D eigenvalue weighted by molar-refractivity contribution is 5.91. The van der Waals surface area contributed by atoms with Crippen LogP contribution in [0.25, 0.3) is 0 Å². The standard InChI is InChI=1S/C26H30N2O2/c1-3-11-22(4-2)26(30,23-14-9-6-10-15-23)25(29)27-24-16-18-28(19-17-24)20-21-12-7-5-8-13-21/h3-15,24,30H,1-2,16-20H2,(H,27,29)/b22-11+. The number of hydrogen-bond donors (Lipinski definition) is 2. The second kappa shape index (κ2) is 10.2. The molecule has 4 nitrogen and oxygen atoms in total. The highest BCUT2D eigenvalue weighted by Gasteiger charge is 2.41. The summed E-state index contributed by atoms with van der Waals surface area (Å²) < 4.78 is 0. The van der Waals surface area contributed by atoms with Gasteiger partial charge in [-0.05, 0) is 29.5 Å². The third-order valence-electron chi connectivity index (χ3n) is 5.63. The van der Waals surface area contributed by atoms with E-state index < -0.39 is 11.5 Å². The first kappa shape index (κ1) is 21.8. The van der Waals surface area contributed by atoms with Gasteiger partial charge in [-0.15, -0.1) is 0 Å². The van der Waals surface area contributed by atoms with Gasteiger partial charge in [0.25, 0.3) is 5.91 Å². The van der Waals surface area contributed by atoms with Crippen molar-refractivity contribution in [1.29, 1.82) is 0 Å². The Balaban J connectivity index is 1.69. The summed E-state index contributed by atoms with van der Waals surface area (Å²) in [4.78, 5) is 15.7. The Morgan fingerprint density at radius 2 is 1.67 bits per heavy atom. The van der Waals surface area contributed by atoms with Gasteiger partial charge in [-0.3, -0.25) is 9.69 Å². The molecule has 1 unspecified atom stereocenters. The third kappa shape index (κ3) is 4.96. The number of benzene rings is 2. The number of carbonyl (C=O) groups is 1. The molecule has 0 aromatic heterocycles. The Hall–Kier alpha value is -2.95. The Morgan fingerprint density at radius 1 is 1.07 bits per heavy atom. The van der Waals surface area contributed by atoms with E-state index in [1.54, 1.807) is 24.3 Å². The maximum absolute atomic E-state index is 13.3. The quantitative estimate of drug-likeness (QED) is 0.658. The van der Waals surface area contributed by atoms with Gasteiger partial charge < -0.3 is 10.4 Å². The second-order valence-corrected chi connectivity index (χ2v) is 7.65. The van der Waals surface area contributed by atoms with Gasteiger partial charge in [0.05, 0.1) is 0 Å². The summed E-state index contributed by atoms with van der Waals surface area (Å²) in [5.74, 6) is -0.428. The summed E-state index contributed by atoms with van der Waals surface area (Å²) in [7, 11) is 0. The zero-order valence-electron chi connectivity index (χ0n) is 17.3. The van der Waals surface area contributed by atoms with E-state index in [9.17, 15) is 9.90 Å². The van der Waals surface area contributed by atoms with Crippen molar-refractivity contribution >= 4 is 5.91 Å². The molecule has 1 heterocycles. The first-order chi connectivity index (χ1) is 14.6. The number of nitrogens with zero attached hydrogens (tertiary/aromatic N) is 1. The van der Waals surface area contributed by atoms with Gasteiger partial charge in [0.15, 0.2) is 5.60 Å². The topological polar surface area (TPSA) is 52.6 Å². The van der Waals surface area contributed by atoms with E-state index >= 15 is 0 Å². The van der Waals surface area contributed by atoms with Crippen LogP contribution in [0.3, 0.4) is 0 Å². The summed E-state index contributed by atoms with van der Waals surface area (Å²) in [6.45, 7) is 10.2. The van der Waals surface area contributed by atoms with Crippen molar-refractivity contribution in [1.82, 2.24) is 10.2 Å². The zero-order valence-corrected chi connectivity index (χ0v) is 17.3. The first-order valence-electron chi connectivity index (χ1n) is 10.4. The average molecular weight is 403 g/mol. The Bertz CT molecular complexity index is 884. The molecule has 0 radical (unpaired) electrons. The normalized spacial score (nSPS) is 17.7. The van der Waals surface area contributed by atoms with Gasteiger partial charge in [0, 0.05) is 25.7 Å². The van der Waals surface area contributed by atoms with Crippen LogP contribution in [0.2, 0.25) is 0 Å². The minimum absolute atomic E-state index is 0.0227. The number of nitrogens with one attached hydrogen (secondary N) is 1. The van der Waals surface area contributed by atoms with Crippen molar-refractivity contribution in [3.63, 3.8) is 0 Å². The smallest absolute Gasteiger partial charge is 0.261 e. The van der Waals surface area contributed by atoms with Crippen LogP contribution in [0.1, 0.15) is 24.0 Å². The average Bonchev–Trinajstić information content (AvgIpc) is 2.79. The molecule has 0 aliphatic carbocycles. The van der Waals surface area contributed by atoms with Crippen LogP contribution in [0.4, 0.5) is 0 Å². The van der Waals surface area contributed by atoms with Gasteiger partial charge in [0.2, 0.25) is 0 Å². The summed E-state index contributed by atoms with van der Waals surface area (Å²) >= 11 is 0. The molecule has 1 atom stereocenters. The van der Waals surface area contributed by atoms with E-state index in [0.29, 0.717) is 11.1 Å². The molecule has 156 valence electrons. The van der Waals surface area contributed by atoms with Crippen LogP contribution in [0, 0.1) is 0 Å². The number of hydrogen-bond acceptors (Lipinski definition) is 3. The van der Waals surface area contributed by atoms with Gasteiger partial charge in [0.1, 0.15) is 0 Å². The van der Waals surface area contributed by atoms with Crippen LogP contribution >= 0.6 is 0 Å². The molecule has 1 aliphatic heterocycles. The lowest BCUT2D eigenvalue weighted by molar-refractivity contribution is -0.137. The largest absolute Gasteiger partial charge is 0.372 e. The molecule has 30 heavy (non-hydrogen) atoms. The SMILES string of the molecule is C=C/C=C(\C=C)C(O)(C(=O)NC1CCN(Cc2ccccc2)CC1)c1ccccc1. The first-order valence-corrected chi connectivity index (χ1v) is 10.4. The molecule has 3 rings (SSSR count). The number of likely N-dealkylation sites (tertiary alicyclic amines) is 1. The maximum atomic E-state index is 13.3. The number of allylic oxidation sites excluding steroid dienone is 2. The molecule has 2 N–H and O–H groups in total. The molecule has 4 heteroatoms. The van der Waals surface area contributed by atoms with E-state index in [-0.39, 0.29) is 6.04 Å². The number of aliphatic hydroxyl groups is 1. The highest BCUT2D eigenvalue weighted by Crippen LogP contribution is 2.31. The summed E-state index contributed by atoms with van der Waals surface area (Å²) in [6.07, 6.45) is 6.38. The van der Waals surface area contributed by atoms with Gasteiger partial charge >= 0.3 is 0 Å². The van der Waals surface area contributed by atoms with E-state index in [1.165, 1.54) is 11.6 Å². The van der Waals surface area contributed by atoms with E-state index in [1.807, 2.05) is 24.3 Å². The van der Waals surface area contributed by atoms with Crippen molar-refractivity contribution in [2.45, 2.75) is 31.0 Å². The summed E-state index contributed by atoms with van der Waals surface area (Å²) in [6, 6.07) is 19.4. The second-order valence-electron chi connectivity index (χ2n) is 7.65. The predicted octanol–water partition coefficient (Wildman–Crippen LogP) is 3.95. The number of rotatable bonds is 8. The van der Waals surface area contributed by atoms with Crippen LogP contribution in [-0.4, -0.2) is 35.0 Å². The van der Waals surface area contributed by atoms with E-state index in [2.05, 4.69) is 47.6 Å². The lowest BCUT2D eigenvalue weighted by atomic mass is 9.84. The van der Waals surface area contributed by atoms with E-state index in [4.69, 9.17) is 0 Å². The van der Waals surface area contributed by atoms with Crippen LogP contribution in [0.15, 0.2) is 97.6 Å². The number of amides is 1. The van der Waals surface area contributed by atoms with Crippen molar-refractivity contribution in [3.05, 3.63) is 109 Å². The molecule has 1 amide bonds. The fourth-order valence-electron chi connectivity index (χ4n) is 3.94. The van der Waals surface area contributed by atoms with Crippen LogP contribution < -0.4 is 5.32 Å². The lowest BCUT2D eigenvalue weighted by Crippen LogP contribution is -2.52. The minimum Gasteiger partial charge on any atom is -0.372 e. The molecule has 0 saturated carbocycles. The van der Waals surface area contributed by atoms with Gasteiger partial charge in [-0.25, -0.2) is 0 Å². The summed E-state index contributed by atoms with van der Waals surface area (Å²) in [5.41, 5.74) is 0.404. The molecule has 2 aromatic carbocycles. The Labute approximate surface area is 179 Å². The maximum Gasteiger partial charge on any atom is 0.261 e. The van der Waals surface area contributed by atoms with Crippen molar-refractivity contribution in [2.24, 2.45) is 0 Å². The monoisotopic (exact) mass is 402 g/mol. The Morgan fingerprint density at radius 3 is 2.23 bits per heavy atom. The van der Waals surface area contributed by atoms with E-state index in [0.717, 1.165) is 32.5 Å². The molecule has 1 aliphatic rings.